The fourth-order valence-electron chi connectivity index (χ4n) is 2.61. The Labute approximate surface area is 157 Å². The molecule has 27 heavy (non-hydrogen) atoms. The maximum Gasteiger partial charge on any atom is 0.277 e. The lowest BCUT2D eigenvalue weighted by Gasteiger charge is -2.08. The van der Waals surface area contributed by atoms with Crippen molar-refractivity contribution in [2.24, 2.45) is 5.10 Å². The van der Waals surface area contributed by atoms with E-state index < -0.39 is 0 Å². The van der Waals surface area contributed by atoms with Gasteiger partial charge in [-0.1, -0.05) is 24.3 Å². The number of methoxy groups -OCH3 is 2. The van der Waals surface area contributed by atoms with Gasteiger partial charge in [0.2, 0.25) is 0 Å². The van der Waals surface area contributed by atoms with Crippen LogP contribution in [-0.2, 0) is 4.79 Å². The monoisotopic (exact) mass is 364 g/mol. The molecule has 0 aromatic heterocycles. The summed E-state index contributed by atoms with van der Waals surface area (Å²) in [5.41, 5.74) is 3.34. The van der Waals surface area contributed by atoms with E-state index in [1.54, 1.807) is 44.7 Å². The minimum absolute atomic E-state index is 0.132. The van der Waals surface area contributed by atoms with Crippen LogP contribution >= 0.6 is 0 Å². The molecule has 0 bridgehead atoms. The Hall–Kier alpha value is -3.54. The average Bonchev–Trinajstić information content (AvgIpc) is 2.72. The van der Waals surface area contributed by atoms with Crippen LogP contribution in [0.15, 0.2) is 65.8 Å². The number of amides is 1. The molecule has 6 nitrogen and oxygen atoms in total. The van der Waals surface area contributed by atoms with Crippen LogP contribution in [-0.4, -0.2) is 32.9 Å². The zero-order valence-corrected chi connectivity index (χ0v) is 15.1. The van der Waals surface area contributed by atoms with Crippen LogP contribution in [0.2, 0.25) is 0 Å². The zero-order valence-electron chi connectivity index (χ0n) is 15.1. The summed E-state index contributed by atoms with van der Waals surface area (Å²) in [5.74, 6) is 1.75. The predicted octanol–water partition coefficient (Wildman–Crippen LogP) is 3.39. The van der Waals surface area contributed by atoms with Crippen LogP contribution in [0.3, 0.4) is 0 Å². The molecule has 138 valence electrons. The first-order chi connectivity index (χ1) is 13.2. The Kier molecular flexibility index (Phi) is 5.89. The van der Waals surface area contributed by atoms with Gasteiger partial charge in [0.1, 0.15) is 17.2 Å². The molecule has 0 unspecified atom stereocenters. The van der Waals surface area contributed by atoms with Crippen molar-refractivity contribution in [3.8, 4) is 17.2 Å². The van der Waals surface area contributed by atoms with E-state index in [-0.39, 0.29) is 12.5 Å². The summed E-state index contributed by atoms with van der Waals surface area (Å²) in [7, 11) is 3.23. The van der Waals surface area contributed by atoms with Gasteiger partial charge >= 0.3 is 0 Å². The van der Waals surface area contributed by atoms with Crippen LogP contribution in [0.4, 0.5) is 0 Å². The van der Waals surface area contributed by atoms with Gasteiger partial charge in [0.05, 0.1) is 20.4 Å². The number of nitrogens with zero attached hydrogens (tertiary/aromatic N) is 1. The number of carbonyl (C=O) groups is 1. The Morgan fingerprint density at radius 2 is 1.63 bits per heavy atom. The van der Waals surface area contributed by atoms with Crippen molar-refractivity contribution >= 4 is 22.9 Å². The molecule has 0 fully saturated rings. The van der Waals surface area contributed by atoms with Crippen LogP contribution in [0.1, 0.15) is 5.56 Å². The Morgan fingerprint density at radius 3 is 2.33 bits per heavy atom. The van der Waals surface area contributed by atoms with E-state index in [9.17, 15) is 4.79 Å². The van der Waals surface area contributed by atoms with Crippen molar-refractivity contribution < 1.29 is 19.0 Å². The minimum atomic E-state index is -0.347. The second-order valence-corrected chi connectivity index (χ2v) is 5.66. The minimum Gasteiger partial charge on any atom is -0.497 e. The summed E-state index contributed by atoms with van der Waals surface area (Å²) in [6, 6.07) is 18.6. The number of hydrazone groups is 1. The Morgan fingerprint density at radius 1 is 0.926 bits per heavy atom. The van der Waals surface area contributed by atoms with Gasteiger partial charge in [0, 0.05) is 10.9 Å². The molecule has 0 aliphatic carbocycles. The topological polar surface area (TPSA) is 69.2 Å². The largest absolute Gasteiger partial charge is 0.497 e. The number of hydrogen-bond donors (Lipinski definition) is 1. The first kappa shape index (κ1) is 18.3. The van der Waals surface area contributed by atoms with E-state index in [1.165, 1.54) is 0 Å². The van der Waals surface area contributed by atoms with E-state index in [0.717, 1.165) is 27.8 Å². The highest BCUT2D eigenvalue weighted by Crippen LogP contribution is 2.27. The second kappa shape index (κ2) is 8.71. The fraction of sp³-hybridized carbons (Fsp3) is 0.143. The number of rotatable bonds is 7. The average molecular weight is 364 g/mol. The maximum absolute atomic E-state index is 11.9. The fourth-order valence-corrected chi connectivity index (χ4v) is 2.61. The van der Waals surface area contributed by atoms with E-state index in [0.29, 0.717) is 5.75 Å². The van der Waals surface area contributed by atoms with E-state index in [4.69, 9.17) is 14.2 Å². The standard InChI is InChI=1S/C21H20N2O4/c1-25-16-8-10-17(11-9-16)27-14-21(24)23-22-13-15-7-12-20(26-2)19-6-4-3-5-18(15)19/h3-13H,14H2,1-2H3,(H,23,24). The third-order valence-electron chi connectivity index (χ3n) is 3.96. The highest BCUT2D eigenvalue weighted by molar-refractivity contribution is 6.02. The quantitative estimate of drug-likeness (QED) is 0.515. The molecule has 0 aliphatic rings. The molecule has 0 saturated carbocycles. The van der Waals surface area contributed by atoms with Crippen molar-refractivity contribution in [1.82, 2.24) is 5.43 Å². The second-order valence-electron chi connectivity index (χ2n) is 5.66. The Bertz CT molecular complexity index is 952. The van der Waals surface area contributed by atoms with Gasteiger partial charge in [-0.3, -0.25) is 4.79 Å². The van der Waals surface area contributed by atoms with Crippen molar-refractivity contribution in [1.29, 1.82) is 0 Å². The molecule has 3 aromatic rings. The molecule has 0 heterocycles. The summed E-state index contributed by atoms with van der Waals surface area (Å²) >= 11 is 0. The molecule has 0 saturated heterocycles. The van der Waals surface area contributed by atoms with Gasteiger partial charge in [-0.2, -0.15) is 5.10 Å². The van der Waals surface area contributed by atoms with Crippen LogP contribution in [0.5, 0.6) is 17.2 Å². The molecule has 1 amide bonds. The van der Waals surface area contributed by atoms with Crippen LogP contribution < -0.4 is 19.6 Å². The maximum atomic E-state index is 11.9. The summed E-state index contributed by atoms with van der Waals surface area (Å²) < 4.78 is 15.9. The van der Waals surface area contributed by atoms with Crippen molar-refractivity contribution in [3.05, 3.63) is 66.2 Å². The zero-order chi connectivity index (χ0) is 19.1. The first-order valence-electron chi connectivity index (χ1n) is 8.36. The lowest BCUT2D eigenvalue weighted by molar-refractivity contribution is -0.123. The van der Waals surface area contributed by atoms with Gasteiger partial charge in [0.15, 0.2) is 6.61 Å². The molecule has 3 rings (SSSR count). The lowest BCUT2D eigenvalue weighted by Crippen LogP contribution is -2.24. The van der Waals surface area contributed by atoms with E-state index in [1.807, 2.05) is 36.4 Å². The van der Waals surface area contributed by atoms with Crippen molar-refractivity contribution in [2.45, 2.75) is 0 Å². The van der Waals surface area contributed by atoms with Gasteiger partial charge in [0.25, 0.3) is 5.91 Å². The van der Waals surface area contributed by atoms with Gasteiger partial charge in [-0.05, 0) is 41.8 Å². The van der Waals surface area contributed by atoms with Crippen LogP contribution in [0.25, 0.3) is 10.8 Å². The predicted molar refractivity (Wildman–Crippen MR) is 105 cm³/mol. The number of fused-ring (bicyclic) bond motifs is 1. The molecule has 0 spiro atoms. The van der Waals surface area contributed by atoms with E-state index in [2.05, 4.69) is 10.5 Å². The molecule has 6 heteroatoms. The van der Waals surface area contributed by atoms with E-state index >= 15 is 0 Å². The van der Waals surface area contributed by atoms with Crippen molar-refractivity contribution in [2.75, 3.05) is 20.8 Å². The summed E-state index contributed by atoms with van der Waals surface area (Å²) in [6.07, 6.45) is 1.60. The van der Waals surface area contributed by atoms with Crippen molar-refractivity contribution in [3.63, 3.8) is 0 Å². The highest BCUT2D eigenvalue weighted by atomic mass is 16.5. The first-order valence-corrected chi connectivity index (χ1v) is 8.36. The summed E-state index contributed by atoms with van der Waals surface area (Å²) in [5, 5.41) is 6.00. The van der Waals surface area contributed by atoms with Crippen LogP contribution in [0, 0.1) is 0 Å². The molecule has 0 aliphatic heterocycles. The number of ether oxygens (including phenoxy) is 3. The number of hydrogen-bond acceptors (Lipinski definition) is 5. The molecule has 0 radical (unpaired) electrons. The molecule has 3 aromatic carbocycles. The highest BCUT2D eigenvalue weighted by Gasteiger charge is 2.05. The molecule has 1 N–H and O–H groups in total. The Balaban J connectivity index is 1.60. The number of carbonyl (C=O) groups excluding carboxylic acids is 1. The van der Waals surface area contributed by atoms with Gasteiger partial charge < -0.3 is 14.2 Å². The molecule has 0 atom stereocenters. The summed E-state index contributed by atoms with van der Waals surface area (Å²) in [6.45, 7) is -0.132. The lowest BCUT2D eigenvalue weighted by atomic mass is 10.0. The summed E-state index contributed by atoms with van der Waals surface area (Å²) in [4.78, 5) is 11.9. The SMILES string of the molecule is COc1ccc(OCC(=O)NN=Cc2ccc(OC)c3ccccc23)cc1. The number of nitrogens with one attached hydrogen (secondary N) is 1. The third-order valence-corrected chi connectivity index (χ3v) is 3.96. The van der Waals surface area contributed by atoms with Gasteiger partial charge in [-0.15, -0.1) is 0 Å². The smallest absolute Gasteiger partial charge is 0.277 e. The number of benzene rings is 3. The van der Waals surface area contributed by atoms with Gasteiger partial charge in [-0.25, -0.2) is 5.43 Å². The normalized spacial score (nSPS) is 10.7. The molecular formula is C21H20N2O4. The third kappa shape index (κ3) is 4.55. The molecular weight excluding hydrogens is 344 g/mol.